The van der Waals surface area contributed by atoms with Gasteiger partial charge in [-0.2, -0.15) is 0 Å². The summed E-state index contributed by atoms with van der Waals surface area (Å²) in [5, 5.41) is 9.75. The normalized spacial score (nSPS) is 10.3. The molecule has 4 nitrogen and oxygen atoms in total. The van der Waals surface area contributed by atoms with Crippen LogP contribution >= 0.6 is 0 Å². The second-order valence-electron chi connectivity index (χ2n) is 7.15. The number of carbonyl (C=O) groups excluding carboxylic acids is 1. The molecule has 0 bridgehead atoms. The molecule has 28 heavy (non-hydrogen) atoms. The Bertz CT molecular complexity index is 684. The maximum Gasteiger partial charge on any atom is 0.196 e. The van der Waals surface area contributed by atoms with Gasteiger partial charge in [-0.05, 0) is 39.2 Å². The fraction of sp³-hybridized carbons (Fsp3) is 0.458. The number of phenols is 1. The Morgan fingerprint density at radius 3 is 2.18 bits per heavy atom. The van der Waals surface area contributed by atoms with Crippen LogP contribution in [-0.2, 0) is 0 Å². The van der Waals surface area contributed by atoms with E-state index in [1.165, 1.54) is 58.2 Å². The summed E-state index contributed by atoms with van der Waals surface area (Å²) in [7, 11) is 5.80. The highest BCUT2D eigenvalue weighted by molar-refractivity contribution is 6.10. The summed E-state index contributed by atoms with van der Waals surface area (Å²) >= 11 is 0. The number of ketones is 1. The molecule has 0 aromatic heterocycles. The van der Waals surface area contributed by atoms with E-state index in [-0.39, 0.29) is 17.1 Å². The van der Waals surface area contributed by atoms with Gasteiger partial charge in [0.15, 0.2) is 5.78 Å². The predicted molar refractivity (Wildman–Crippen MR) is 116 cm³/mol. The molecule has 2 rings (SSSR count). The molecule has 2 aromatic carbocycles. The number of ether oxygens (including phenoxy) is 1. The van der Waals surface area contributed by atoms with Gasteiger partial charge in [0.2, 0.25) is 0 Å². The van der Waals surface area contributed by atoms with E-state index in [2.05, 4.69) is 25.9 Å². The summed E-state index contributed by atoms with van der Waals surface area (Å²) in [6.45, 7) is 3.52. The molecule has 0 heterocycles. The van der Waals surface area contributed by atoms with Crippen LogP contribution in [0.1, 0.15) is 61.4 Å². The first-order valence-electron chi connectivity index (χ1n) is 10.1. The lowest BCUT2D eigenvalue weighted by Crippen LogP contribution is -2.12. The van der Waals surface area contributed by atoms with Crippen molar-refractivity contribution < 1.29 is 14.6 Å². The van der Waals surface area contributed by atoms with Crippen LogP contribution in [0.5, 0.6) is 11.5 Å². The van der Waals surface area contributed by atoms with Crippen LogP contribution in [0.15, 0.2) is 48.5 Å². The van der Waals surface area contributed by atoms with Crippen LogP contribution in [0.2, 0.25) is 0 Å². The minimum atomic E-state index is -0.203. The van der Waals surface area contributed by atoms with Gasteiger partial charge < -0.3 is 14.7 Å². The van der Waals surface area contributed by atoms with Crippen molar-refractivity contribution in [2.45, 2.75) is 45.4 Å². The van der Waals surface area contributed by atoms with E-state index in [1.807, 2.05) is 6.07 Å². The van der Waals surface area contributed by atoms with Crippen molar-refractivity contribution in [2.75, 3.05) is 27.7 Å². The quantitative estimate of drug-likeness (QED) is 0.431. The number of benzene rings is 2. The molecule has 0 amide bonds. The van der Waals surface area contributed by atoms with Crippen molar-refractivity contribution in [3.8, 4) is 11.5 Å². The summed E-state index contributed by atoms with van der Waals surface area (Å²) in [6.07, 6.45) is 8.43. The zero-order chi connectivity index (χ0) is 20.8. The summed E-state index contributed by atoms with van der Waals surface area (Å²) in [6, 6.07) is 13.5. The average Bonchev–Trinajstić information content (AvgIpc) is 2.71. The minimum absolute atomic E-state index is 0.0711. The molecular weight excluding hydrogens is 350 g/mol. The first-order valence-corrected chi connectivity index (χ1v) is 10.1. The SMILES string of the molecule is CCCCCCCCN(C)C.COc1ccc(C(=O)c2ccccc2)c(O)c1. The summed E-state index contributed by atoms with van der Waals surface area (Å²) in [5.74, 6) is 0.246. The van der Waals surface area contributed by atoms with E-state index >= 15 is 0 Å². The molecule has 0 spiro atoms. The van der Waals surface area contributed by atoms with Crippen molar-refractivity contribution >= 4 is 5.78 Å². The van der Waals surface area contributed by atoms with E-state index in [4.69, 9.17) is 4.74 Å². The summed E-state index contributed by atoms with van der Waals surface area (Å²) < 4.78 is 4.96. The van der Waals surface area contributed by atoms with Crippen LogP contribution in [0, 0.1) is 0 Å². The van der Waals surface area contributed by atoms with E-state index in [9.17, 15) is 9.90 Å². The molecule has 2 aromatic rings. The monoisotopic (exact) mass is 385 g/mol. The highest BCUT2D eigenvalue weighted by atomic mass is 16.5. The highest BCUT2D eigenvalue weighted by Gasteiger charge is 2.13. The Labute approximate surface area is 170 Å². The van der Waals surface area contributed by atoms with E-state index < -0.39 is 0 Å². The number of nitrogens with zero attached hydrogens (tertiary/aromatic N) is 1. The molecule has 0 saturated heterocycles. The van der Waals surface area contributed by atoms with Crippen LogP contribution in [0.3, 0.4) is 0 Å². The van der Waals surface area contributed by atoms with Gasteiger partial charge >= 0.3 is 0 Å². The van der Waals surface area contributed by atoms with Gasteiger partial charge in [0, 0.05) is 11.6 Å². The van der Waals surface area contributed by atoms with Gasteiger partial charge in [-0.1, -0.05) is 69.4 Å². The van der Waals surface area contributed by atoms with Crippen molar-refractivity contribution in [2.24, 2.45) is 0 Å². The van der Waals surface area contributed by atoms with Crippen molar-refractivity contribution in [3.05, 3.63) is 59.7 Å². The second kappa shape index (κ2) is 13.8. The Kier molecular flexibility index (Phi) is 11.7. The fourth-order valence-electron chi connectivity index (χ4n) is 2.78. The number of methoxy groups -OCH3 is 1. The van der Waals surface area contributed by atoms with Crippen LogP contribution < -0.4 is 4.74 Å². The fourth-order valence-corrected chi connectivity index (χ4v) is 2.78. The number of rotatable bonds is 10. The van der Waals surface area contributed by atoms with Gasteiger partial charge in [0.25, 0.3) is 0 Å². The largest absolute Gasteiger partial charge is 0.507 e. The van der Waals surface area contributed by atoms with Gasteiger partial charge in [0.05, 0.1) is 12.7 Å². The second-order valence-corrected chi connectivity index (χ2v) is 7.15. The number of phenolic OH excluding ortho intramolecular Hbond substituents is 1. The van der Waals surface area contributed by atoms with Crippen LogP contribution in [0.4, 0.5) is 0 Å². The summed E-state index contributed by atoms with van der Waals surface area (Å²) in [4.78, 5) is 14.3. The molecule has 0 fully saturated rings. The number of unbranched alkanes of at least 4 members (excludes halogenated alkanes) is 5. The molecule has 0 saturated carbocycles. The maximum absolute atomic E-state index is 12.1. The summed E-state index contributed by atoms with van der Waals surface area (Å²) in [5.41, 5.74) is 0.824. The zero-order valence-corrected chi connectivity index (χ0v) is 17.8. The third-order valence-electron chi connectivity index (χ3n) is 4.44. The average molecular weight is 386 g/mol. The van der Waals surface area contributed by atoms with Gasteiger partial charge in [-0.15, -0.1) is 0 Å². The number of hydrogen-bond acceptors (Lipinski definition) is 4. The third kappa shape index (κ3) is 9.05. The lowest BCUT2D eigenvalue weighted by atomic mass is 10.0. The first kappa shape index (κ1) is 23.7. The third-order valence-corrected chi connectivity index (χ3v) is 4.44. The number of aromatic hydroxyl groups is 1. The molecule has 1 N–H and O–H groups in total. The Morgan fingerprint density at radius 2 is 1.61 bits per heavy atom. The van der Waals surface area contributed by atoms with Gasteiger partial charge in [0.1, 0.15) is 11.5 Å². The van der Waals surface area contributed by atoms with Crippen molar-refractivity contribution in [3.63, 3.8) is 0 Å². The first-order chi connectivity index (χ1) is 13.5. The molecule has 0 aliphatic heterocycles. The topological polar surface area (TPSA) is 49.8 Å². The maximum atomic E-state index is 12.1. The van der Waals surface area contributed by atoms with Crippen molar-refractivity contribution in [1.82, 2.24) is 4.90 Å². The predicted octanol–water partition coefficient (Wildman–Crippen LogP) is 5.54. The minimum Gasteiger partial charge on any atom is -0.507 e. The smallest absolute Gasteiger partial charge is 0.196 e. The van der Waals surface area contributed by atoms with E-state index in [1.54, 1.807) is 36.4 Å². The molecule has 0 radical (unpaired) electrons. The molecule has 0 aliphatic carbocycles. The van der Waals surface area contributed by atoms with Gasteiger partial charge in [-0.3, -0.25) is 4.79 Å². The lowest BCUT2D eigenvalue weighted by Gasteiger charge is -2.08. The highest BCUT2D eigenvalue weighted by Crippen LogP contribution is 2.25. The van der Waals surface area contributed by atoms with Gasteiger partial charge in [-0.25, -0.2) is 0 Å². The molecule has 0 atom stereocenters. The zero-order valence-electron chi connectivity index (χ0n) is 17.8. The lowest BCUT2D eigenvalue weighted by molar-refractivity contribution is 0.103. The Balaban J connectivity index is 0.000000311. The molecule has 0 unspecified atom stereocenters. The molecule has 4 heteroatoms. The van der Waals surface area contributed by atoms with E-state index in [0.717, 1.165) is 0 Å². The number of carbonyl (C=O) groups is 1. The molecule has 154 valence electrons. The van der Waals surface area contributed by atoms with Crippen molar-refractivity contribution in [1.29, 1.82) is 0 Å². The molecule has 0 aliphatic rings. The Morgan fingerprint density at radius 1 is 0.964 bits per heavy atom. The standard InChI is InChI=1S/C14H12O3.C10H23N/c1-17-11-7-8-12(13(15)9-11)14(16)10-5-3-2-4-6-10;1-4-5-6-7-8-9-10-11(2)3/h2-9,15H,1H3;4-10H2,1-3H3. The van der Waals surface area contributed by atoms with Crippen LogP contribution in [0.25, 0.3) is 0 Å². The Hall–Kier alpha value is -2.33. The van der Waals surface area contributed by atoms with E-state index in [0.29, 0.717) is 11.3 Å². The van der Waals surface area contributed by atoms with Crippen LogP contribution in [-0.4, -0.2) is 43.5 Å². The number of hydrogen-bond donors (Lipinski definition) is 1. The molecular formula is C24H35NO3.